The number of aliphatic hydroxyl groups is 2. The molecule has 0 atom stereocenters. The fourth-order valence-electron chi connectivity index (χ4n) is 3.95. The fourth-order valence-corrected chi connectivity index (χ4v) is 5.26. The van der Waals surface area contributed by atoms with E-state index in [9.17, 15) is 9.59 Å². The lowest BCUT2D eigenvalue weighted by atomic mass is 10.0. The van der Waals surface area contributed by atoms with Crippen LogP contribution in [0, 0.1) is 0 Å². The number of hydrogen-bond acceptors (Lipinski definition) is 6. The summed E-state index contributed by atoms with van der Waals surface area (Å²) in [6.07, 6.45) is 0. The van der Waals surface area contributed by atoms with Gasteiger partial charge in [0, 0.05) is 35.4 Å². The third-order valence-corrected chi connectivity index (χ3v) is 7.39. The van der Waals surface area contributed by atoms with Gasteiger partial charge >= 0.3 is 0 Å². The fraction of sp³-hybridized carbons (Fsp3) is 0.250. The highest BCUT2D eigenvalue weighted by molar-refractivity contribution is 7.99. The number of benzene rings is 2. The molecule has 2 amide bonds. The summed E-state index contributed by atoms with van der Waals surface area (Å²) >= 11 is 3.10. The molecule has 6 nitrogen and oxygen atoms in total. The molecule has 0 aromatic heterocycles. The molecule has 0 saturated heterocycles. The van der Waals surface area contributed by atoms with Gasteiger partial charge in [0.2, 0.25) is 0 Å². The Balaban J connectivity index is 1.76. The molecule has 0 unspecified atom stereocenters. The van der Waals surface area contributed by atoms with E-state index in [1.807, 2.05) is 48.5 Å². The van der Waals surface area contributed by atoms with Gasteiger partial charge in [0.25, 0.3) is 11.8 Å². The summed E-state index contributed by atoms with van der Waals surface area (Å²) in [6.45, 7) is 0.218. The van der Waals surface area contributed by atoms with Crippen molar-refractivity contribution < 1.29 is 19.8 Å². The number of fused-ring (bicyclic) bond motifs is 1. The quantitative estimate of drug-likeness (QED) is 0.580. The average molecular weight is 469 g/mol. The van der Waals surface area contributed by atoms with Crippen LogP contribution in [0.15, 0.2) is 69.5 Å². The van der Waals surface area contributed by atoms with Crippen molar-refractivity contribution in [1.29, 1.82) is 0 Å². The highest BCUT2D eigenvalue weighted by Crippen LogP contribution is 2.45. The van der Waals surface area contributed by atoms with Crippen LogP contribution in [0.25, 0.3) is 11.4 Å². The number of hydrogen-bond donors (Lipinski definition) is 2. The Kier molecular flexibility index (Phi) is 6.76. The number of rotatable bonds is 8. The van der Waals surface area contributed by atoms with Crippen molar-refractivity contribution in [3.05, 3.63) is 70.8 Å². The van der Waals surface area contributed by atoms with Gasteiger partial charge in [-0.25, -0.2) is 0 Å². The number of likely N-dealkylation sites (N-methyl/N-ethyl adjacent to an activating group) is 2. The zero-order chi connectivity index (χ0) is 22.8. The number of thioether (sulfide) groups is 2. The Labute approximate surface area is 195 Å². The van der Waals surface area contributed by atoms with Crippen molar-refractivity contribution in [2.75, 3.05) is 38.8 Å². The summed E-state index contributed by atoms with van der Waals surface area (Å²) in [6, 6.07) is 15.4. The van der Waals surface area contributed by atoms with Crippen LogP contribution in [0.3, 0.4) is 0 Å². The smallest absolute Gasteiger partial charge is 0.261 e. The number of aliphatic hydroxyl groups excluding tert-OH is 2. The maximum absolute atomic E-state index is 13.2. The first-order valence-corrected chi connectivity index (χ1v) is 12.2. The van der Waals surface area contributed by atoms with Gasteiger partial charge in [-0.15, -0.1) is 23.5 Å². The Bertz CT molecular complexity index is 1020. The van der Waals surface area contributed by atoms with E-state index >= 15 is 0 Å². The highest BCUT2D eigenvalue weighted by Gasteiger charge is 2.46. The summed E-state index contributed by atoms with van der Waals surface area (Å²) in [4.78, 5) is 31.6. The molecular formula is C24H24N2O4S2. The Hall–Kier alpha value is -2.52. The molecule has 32 heavy (non-hydrogen) atoms. The van der Waals surface area contributed by atoms with Gasteiger partial charge in [-0.3, -0.25) is 9.59 Å². The van der Waals surface area contributed by atoms with Crippen molar-refractivity contribution in [2.45, 2.75) is 9.79 Å². The van der Waals surface area contributed by atoms with Crippen LogP contribution in [-0.2, 0) is 9.59 Å². The van der Waals surface area contributed by atoms with Gasteiger partial charge in [-0.2, -0.15) is 0 Å². The molecule has 2 aromatic rings. The molecule has 0 radical (unpaired) electrons. The summed E-state index contributed by atoms with van der Waals surface area (Å²) in [5.74, 6) is 0.839. The molecule has 2 aromatic carbocycles. The third-order valence-electron chi connectivity index (χ3n) is 5.41. The lowest BCUT2D eigenvalue weighted by molar-refractivity contribution is -0.123. The van der Waals surface area contributed by atoms with Crippen LogP contribution in [0.2, 0.25) is 0 Å². The molecule has 0 aliphatic carbocycles. The van der Waals surface area contributed by atoms with Crippen molar-refractivity contribution >= 4 is 46.7 Å². The minimum absolute atomic E-state index is 0.109. The van der Waals surface area contributed by atoms with E-state index in [-0.39, 0.29) is 25.0 Å². The third kappa shape index (κ3) is 3.99. The molecule has 0 saturated carbocycles. The predicted octanol–water partition coefficient (Wildman–Crippen LogP) is 2.92. The molecule has 4 rings (SSSR count). The Morgan fingerprint density at radius 2 is 1.00 bits per heavy atom. The molecule has 2 heterocycles. The minimum atomic E-state index is -0.194. The van der Waals surface area contributed by atoms with E-state index in [1.165, 1.54) is 0 Å². The average Bonchev–Trinajstić information content (AvgIpc) is 3.22. The normalized spacial score (nSPS) is 16.0. The Morgan fingerprint density at radius 1 is 0.656 bits per heavy atom. The van der Waals surface area contributed by atoms with Gasteiger partial charge in [-0.05, 0) is 35.4 Å². The van der Waals surface area contributed by atoms with Crippen molar-refractivity contribution in [2.24, 2.45) is 0 Å². The Morgan fingerprint density at radius 3 is 1.31 bits per heavy atom. The molecule has 0 bridgehead atoms. The molecule has 2 aliphatic rings. The van der Waals surface area contributed by atoms with Crippen molar-refractivity contribution in [3.8, 4) is 0 Å². The van der Waals surface area contributed by atoms with Gasteiger partial charge in [0.1, 0.15) is 0 Å². The zero-order valence-electron chi connectivity index (χ0n) is 17.9. The van der Waals surface area contributed by atoms with Gasteiger partial charge < -0.3 is 20.0 Å². The first-order chi connectivity index (χ1) is 15.5. The largest absolute Gasteiger partial charge is 0.396 e. The van der Waals surface area contributed by atoms with Crippen LogP contribution in [-0.4, -0.2) is 70.6 Å². The summed E-state index contributed by atoms with van der Waals surface area (Å²) in [7, 11) is 3.40. The SMILES string of the molecule is CN1C(=O)C2=C(c3ccc(SCCO)cc3)N(C)C(=O)C2=C1c1ccc(SCCO)cc1. The predicted molar refractivity (Wildman–Crippen MR) is 128 cm³/mol. The van der Waals surface area contributed by atoms with Gasteiger partial charge in [0.15, 0.2) is 0 Å². The molecule has 166 valence electrons. The van der Waals surface area contributed by atoms with Crippen LogP contribution in [0.1, 0.15) is 11.1 Å². The number of carbonyl (C=O) groups is 2. The van der Waals surface area contributed by atoms with E-state index in [4.69, 9.17) is 10.2 Å². The first-order valence-electron chi connectivity index (χ1n) is 10.2. The molecular weight excluding hydrogens is 444 g/mol. The summed E-state index contributed by atoms with van der Waals surface area (Å²) in [5, 5.41) is 18.0. The zero-order valence-corrected chi connectivity index (χ0v) is 19.5. The van der Waals surface area contributed by atoms with Gasteiger partial charge in [-0.1, -0.05) is 24.3 Å². The van der Waals surface area contributed by atoms with Crippen LogP contribution in [0.5, 0.6) is 0 Å². The molecule has 8 heteroatoms. The number of amides is 2. The topological polar surface area (TPSA) is 81.1 Å². The highest BCUT2D eigenvalue weighted by atomic mass is 32.2. The summed E-state index contributed by atoms with van der Waals surface area (Å²) < 4.78 is 0. The van der Waals surface area contributed by atoms with Gasteiger partial charge in [0.05, 0.1) is 35.8 Å². The van der Waals surface area contributed by atoms with E-state index in [2.05, 4.69) is 0 Å². The maximum Gasteiger partial charge on any atom is 0.261 e. The number of carbonyl (C=O) groups excluding carboxylic acids is 2. The van der Waals surface area contributed by atoms with E-state index < -0.39 is 0 Å². The van der Waals surface area contributed by atoms with Crippen molar-refractivity contribution in [1.82, 2.24) is 9.80 Å². The molecule has 0 fully saturated rings. The minimum Gasteiger partial charge on any atom is -0.396 e. The lowest BCUT2D eigenvalue weighted by Gasteiger charge is -2.20. The van der Waals surface area contributed by atoms with E-state index in [1.54, 1.807) is 47.4 Å². The molecule has 2 N–H and O–H groups in total. The second-order valence-electron chi connectivity index (χ2n) is 7.37. The second-order valence-corrected chi connectivity index (χ2v) is 9.71. The second kappa shape index (κ2) is 9.54. The lowest BCUT2D eigenvalue weighted by Crippen LogP contribution is -2.25. The monoisotopic (exact) mass is 468 g/mol. The van der Waals surface area contributed by atoms with Crippen LogP contribution < -0.4 is 0 Å². The van der Waals surface area contributed by atoms with Crippen LogP contribution >= 0.6 is 23.5 Å². The summed E-state index contributed by atoms with van der Waals surface area (Å²) in [5.41, 5.74) is 3.71. The van der Waals surface area contributed by atoms with E-state index in [0.29, 0.717) is 34.0 Å². The molecule has 2 aliphatic heterocycles. The van der Waals surface area contributed by atoms with E-state index in [0.717, 1.165) is 20.9 Å². The first kappa shape index (κ1) is 22.7. The van der Waals surface area contributed by atoms with Crippen molar-refractivity contribution in [3.63, 3.8) is 0 Å². The standard InChI is InChI=1S/C24H24N2O4S2/c1-25-21(15-3-7-17(8-4-15)31-13-11-27)19-20(23(25)29)22(26(2)24(19)30)16-5-9-18(10-6-16)32-14-12-28/h3-10,27-28H,11-14H2,1-2H3. The number of nitrogens with zero attached hydrogens (tertiary/aromatic N) is 2. The maximum atomic E-state index is 13.2. The molecule has 0 spiro atoms. The van der Waals surface area contributed by atoms with Crippen LogP contribution in [0.4, 0.5) is 0 Å².